The third-order valence-corrected chi connectivity index (χ3v) is 16.9. The second kappa shape index (κ2) is 15.2. The topological polar surface area (TPSA) is 251 Å². The maximum absolute atomic E-state index is 13.0. The molecule has 5 aliphatic carbocycles. The lowest BCUT2D eigenvalue weighted by Crippen LogP contribution is -2.66. The Balaban J connectivity index is 1.03. The minimum atomic E-state index is -1.80. The molecule has 4 saturated carbocycles. The molecule has 328 valence electrons. The molecule has 9 aliphatic rings. The zero-order valence-electron chi connectivity index (χ0n) is 34.1. The van der Waals surface area contributed by atoms with E-state index in [1.165, 1.54) is 6.92 Å². The summed E-state index contributed by atoms with van der Waals surface area (Å²) in [6, 6.07) is 0. The first-order valence-corrected chi connectivity index (χ1v) is 21.3. The monoisotopic (exact) mass is 824 g/mol. The maximum Gasteiger partial charge on any atom is 0.315 e. The molecule has 58 heavy (non-hydrogen) atoms. The van der Waals surface area contributed by atoms with Crippen molar-refractivity contribution < 1.29 is 78.9 Å². The van der Waals surface area contributed by atoms with Crippen LogP contribution in [-0.2, 0) is 38.0 Å². The highest BCUT2D eigenvalue weighted by Crippen LogP contribution is 2.69. The number of esters is 2. The molecule has 0 unspecified atom stereocenters. The molecule has 0 aromatic heterocycles. The molecule has 0 spiro atoms. The van der Waals surface area contributed by atoms with Gasteiger partial charge in [-0.15, -0.1) is 0 Å². The summed E-state index contributed by atoms with van der Waals surface area (Å²) in [5.74, 6) is 0.744. The van der Waals surface area contributed by atoms with Crippen LogP contribution in [0.25, 0.3) is 0 Å². The van der Waals surface area contributed by atoms with Crippen LogP contribution in [0.1, 0.15) is 92.4 Å². The maximum atomic E-state index is 13.0. The van der Waals surface area contributed by atoms with Gasteiger partial charge in [-0.3, -0.25) is 9.59 Å². The SMILES string of the molecule is CC(=O)O[C@H]1C[C@H](O[C@@H]2O[C@H](CO)[C@@H](O)[C@H](O)[C@H]2O[C@@H]2O[C@H](CO)[C@@H](O)[C@H](O)[C@H]2O)CC2=CC[C@H]3[C@@H]4CC[C@H]([C@H]5C[C@@]6(C)C(=O)O[C@H]5C[C@@]6(C)O)[C@@]4(C)CC[C@@H]3[C@]21C. The lowest BCUT2D eigenvalue weighted by Gasteiger charge is -2.62. The van der Waals surface area contributed by atoms with Crippen molar-refractivity contribution in [1.29, 1.82) is 0 Å². The fourth-order valence-corrected chi connectivity index (χ4v) is 13.4. The van der Waals surface area contributed by atoms with Crippen molar-refractivity contribution in [2.75, 3.05) is 13.2 Å². The van der Waals surface area contributed by atoms with Gasteiger partial charge in [0.05, 0.1) is 30.3 Å². The van der Waals surface area contributed by atoms with Gasteiger partial charge in [0.2, 0.25) is 0 Å². The Kier molecular flexibility index (Phi) is 11.3. The number of allylic oxidation sites excluding steroid dienone is 1. The number of rotatable bonds is 8. The van der Waals surface area contributed by atoms with Crippen LogP contribution >= 0.6 is 0 Å². The summed E-state index contributed by atoms with van der Waals surface area (Å²) in [4.78, 5) is 25.8. The zero-order valence-corrected chi connectivity index (χ0v) is 34.1. The first-order chi connectivity index (χ1) is 27.3. The lowest BCUT2D eigenvalue weighted by atomic mass is 9.45. The van der Waals surface area contributed by atoms with Gasteiger partial charge in [-0.1, -0.05) is 25.5 Å². The van der Waals surface area contributed by atoms with Gasteiger partial charge in [-0.2, -0.15) is 0 Å². The van der Waals surface area contributed by atoms with E-state index in [0.717, 1.165) is 37.7 Å². The number of aliphatic hydroxyl groups is 8. The van der Waals surface area contributed by atoms with Crippen LogP contribution in [0.3, 0.4) is 0 Å². The molecular weight excluding hydrogens is 760 g/mol. The molecule has 16 heteroatoms. The van der Waals surface area contributed by atoms with E-state index >= 15 is 0 Å². The molecule has 0 aromatic rings. The van der Waals surface area contributed by atoms with Gasteiger partial charge in [-0.05, 0) is 87.9 Å². The summed E-state index contributed by atoms with van der Waals surface area (Å²) in [7, 11) is 0. The van der Waals surface area contributed by atoms with Crippen molar-refractivity contribution >= 4 is 11.9 Å². The van der Waals surface area contributed by atoms with E-state index in [1.807, 2.05) is 6.92 Å². The van der Waals surface area contributed by atoms with Gasteiger partial charge in [0.15, 0.2) is 12.6 Å². The van der Waals surface area contributed by atoms with Crippen molar-refractivity contribution in [3.8, 4) is 0 Å². The average molecular weight is 825 g/mol. The molecule has 0 radical (unpaired) electrons. The Morgan fingerprint density at radius 1 is 0.810 bits per heavy atom. The number of carbonyl (C=O) groups excluding carboxylic acids is 2. The number of ether oxygens (including phenoxy) is 6. The number of aliphatic hydroxyl groups excluding tert-OH is 7. The Hall–Kier alpha value is -1.80. The average Bonchev–Trinajstić information content (AvgIpc) is 3.52. The quantitative estimate of drug-likeness (QED) is 0.120. The standard InChI is InChI=1S/C42H64O16/c1-18(45)53-29-13-20(54-37-35(33(49)31(47)28(17-44)56-37)58-36-34(50)32(48)30(46)27(16-43)55-36)12-19-6-7-21-23-8-9-24(39(23,2)11-10-25(21)42(19,29)5)22-14-40(3)38(51)57-26(22)15-41(40,4)52/h6,20-37,43-44,46-50,52H,7-17H2,1-5H3/t20-,21+,22-,23+,24-,25+,26+,27-,28-,29+,30-,31-,32+,33+,34-,35-,36+,37-,39+,40+,41-,42+/m1/s1. The van der Waals surface area contributed by atoms with Gasteiger partial charge >= 0.3 is 11.9 Å². The highest BCUT2D eigenvalue weighted by atomic mass is 16.8. The molecule has 16 nitrogen and oxygen atoms in total. The van der Waals surface area contributed by atoms with E-state index in [1.54, 1.807) is 6.92 Å². The Labute approximate surface area is 338 Å². The molecule has 4 saturated heterocycles. The molecule has 4 aliphatic heterocycles. The predicted molar refractivity (Wildman–Crippen MR) is 199 cm³/mol. The third-order valence-electron chi connectivity index (χ3n) is 16.9. The van der Waals surface area contributed by atoms with Gasteiger partial charge in [0.25, 0.3) is 0 Å². The highest BCUT2D eigenvalue weighted by molar-refractivity contribution is 5.80. The van der Waals surface area contributed by atoms with Crippen LogP contribution in [0.2, 0.25) is 0 Å². The van der Waals surface area contributed by atoms with Gasteiger partial charge in [-0.25, -0.2) is 0 Å². The molecule has 8 N–H and O–H groups in total. The molecule has 0 aromatic carbocycles. The van der Waals surface area contributed by atoms with E-state index in [9.17, 15) is 50.4 Å². The summed E-state index contributed by atoms with van der Waals surface area (Å²) in [5.41, 5.74) is -1.45. The summed E-state index contributed by atoms with van der Waals surface area (Å²) in [6.07, 6.45) is -8.41. The fourth-order valence-electron chi connectivity index (χ4n) is 13.4. The van der Waals surface area contributed by atoms with Crippen LogP contribution in [0.15, 0.2) is 11.6 Å². The van der Waals surface area contributed by atoms with Crippen LogP contribution < -0.4 is 0 Å². The van der Waals surface area contributed by atoms with E-state index in [-0.39, 0.29) is 35.7 Å². The summed E-state index contributed by atoms with van der Waals surface area (Å²) < 4.78 is 36.1. The third kappa shape index (κ3) is 6.54. The van der Waals surface area contributed by atoms with Crippen molar-refractivity contribution in [3.05, 3.63) is 11.6 Å². The fraction of sp³-hybridized carbons (Fsp3) is 0.905. The van der Waals surface area contributed by atoms with Gasteiger partial charge in [0, 0.05) is 31.1 Å². The first kappa shape index (κ1) is 42.9. The van der Waals surface area contributed by atoms with Gasteiger partial charge < -0.3 is 69.3 Å². The zero-order chi connectivity index (χ0) is 41.9. The molecule has 9 rings (SSSR count). The number of fused-ring (bicyclic) bond motifs is 8. The van der Waals surface area contributed by atoms with E-state index in [0.29, 0.717) is 37.0 Å². The Bertz CT molecular complexity index is 1600. The van der Waals surface area contributed by atoms with Crippen molar-refractivity contribution in [1.82, 2.24) is 0 Å². The second-order valence-corrected chi connectivity index (χ2v) is 19.8. The predicted octanol–water partition coefficient (Wildman–Crippen LogP) is 0.209. The number of carbonyl (C=O) groups is 2. The summed E-state index contributed by atoms with van der Waals surface area (Å²) >= 11 is 0. The van der Waals surface area contributed by atoms with Crippen molar-refractivity contribution in [2.45, 2.75) is 178 Å². The second-order valence-electron chi connectivity index (χ2n) is 19.8. The van der Waals surface area contributed by atoms with Crippen LogP contribution in [-0.4, -0.2) is 151 Å². The largest absolute Gasteiger partial charge is 0.462 e. The Morgan fingerprint density at radius 2 is 1.45 bits per heavy atom. The van der Waals surface area contributed by atoms with Crippen LogP contribution in [0, 0.1) is 45.8 Å². The molecular formula is C42H64O16. The lowest BCUT2D eigenvalue weighted by molar-refractivity contribution is -0.372. The number of hydrogen-bond acceptors (Lipinski definition) is 16. The van der Waals surface area contributed by atoms with E-state index in [2.05, 4.69) is 19.9 Å². The molecule has 2 bridgehead atoms. The Morgan fingerprint density at radius 3 is 2.09 bits per heavy atom. The van der Waals surface area contributed by atoms with Crippen molar-refractivity contribution in [3.63, 3.8) is 0 Å². The minimum absolute atomic E-state index is 0.0137. The molecule has 8 fully saturated rings. The van der Waals surface area contributed by atoms with Crippen LogP contribution in [0.4, 0.5) is 0 Å². The summed E-state index contributed by atoms with van der Waals surface area (Å²) in [6.45, 7) is 8.26. The molecule has 4 heterocycles. The summed E-state index contributed by atoms with van der Waals surface area (Å²) in [5, 5.41) is 84.4. The smallest absolute Gasteiger partial charge is 0.315 e. The highest BCUT2D eigenvalue weighted by Gasteiger charge is 2.68. The van der Waals surface area contributed by atoms with Gasteiger partial charge in [0.1, 0.15) is 61.0 Å². The molecule has 0 amide bonds. The minimum Gasteiger partial charge on any atom is -0.462 e. The van der Waals surface area contributed by atoms with E-state index in [4.69, 9.17) is 28.4 Å². The van der Waals surface area contributed by atoms with Crippen LogP contribution in [0.5, 0.6) is 0 Å². The first-order valence-electron chi connectivity index (χ1n) is 21.3. The van der Waals surface area contributed by atoms with E-state index < -0.39 is 109 Å². The number of hydrogen-bond donors (Lipinski definition) is 8. The molecule has 22 atom stereocenters. The van der Waals surface area contributed by atoms with Crippen molar-refractivity contribution in [2.24, 2.45) is 45.8 Å². The normalized spacial score (nSPS) is 55.1.